The highest BCUT2D eigenvalue weighted by Crippen LogP contribution is 2.27. The van der Waals surface area contributed by atoms with Crippen LogP contribution in [0.15, 0.2) is 84.0 Å². The molecule has 0 amide bonds. The van der Waals surface area contributed by atoms with Gasteiger partial charge in [-0.1, -0.05) is 54.1 Å². The van der Waals surface area contributed by atoms with E-state index in [2.05, 4.69) is 20.5 Å². The fourth-order valence-corrected chi connectivity index (χ4v) is 3.09. The first kappa shape index (κ1) is 20.4. The van der Waals surface area contributed by atoms with Crippen LogP contribution in [-0.2, 0) is 0 Å². The van der Waals surface area contributed by atoms with Crippen molar-refractivity contribution in [3.8, 4) is 34.0 Å². The quantitative estimate of drug-likeness (QED) is 0.306. The summed E-state index contributed by atoms with van der Waals surface area (Å²) in [6.45, 7) is 0. The van der Waals surface area contributed by atoms with E-state index in [9.17, 15) is 5.11 Å². The van der Waals surface area contributed by atoms with Gasteiger partial charge in [0, 0.05) is 16.1 Å². The largest absolute Gasteiger partial charge is 0.504 e. The van der Waals surface area contributed by atoms with Crippen molar-refractivity contribution >= 4 is 23.8 Å². The molecule has 4 aromatic rings. The Balaban J connectivity index is 1.66. The van der Waals surface area contributed by atoms with Crippen LogP contribution >= 0.6 is 11.6 Å². The Hall–Kier alpha value is -3.90. The predicted molar refractivity (Wildman–Crippen MR) is 124 cm³/mol. The molecule has 0 saturated carbocycles. The van der Waals surface area contributed by atoms with Crippen molar-refractivity contribution in [2.24, 2.45) is 5.10 Å². The minimum Gasteiger partial charge on any atom is -0.504 e. The molecule has 0 radical (unpaired) electrons. The Morgan fingerprint density at radius 3 is 2.26 bits per heavy atom. The van der Waals surface area contributed by atoms with Gasteiger partial charge in [0.25, 0.3) is 0 Å². The number of phenolic OH excluding ortho intramolecular Hbond substituents is 1. The van der Waals surface area contributed by atoms with Crippen LogP contribution in [0.1, 0.15) is 5.56 Å². The van der Waals surface area contributed by atoms with E-state index in [0.29, 0.717) is 16.7 Å². The van der Waals surface area contributed by atoms with Gasteiger partial charge in [0.05, 0.1) is 24.7 Å². The average Bonchev–Trinajstić information content (AvgIpc) is 2.81. The minimum atomic E-state index is 0.0686. The number of aromatic nitrogens is 2. The molecule has 0 aliphatic rings. The summed E-state index contributed by atoms with van der Waals surface area (Å²) in [4.78, 5) is 9.19. The summed E-state index contributed by atoms with van der Waals surface area (Å²) < 4.78 is 5.12. The normalized spacial score (nSPS) is 10.9. The third-order valence-corrected chi connectivity index (χ3v) is 4.77. The van der Waals surface area contributed by atoms with Crippen molar-refractivity contribution in [2.45, 2.75) is 0 Å². The van der Waals surface area contributed by atoms with E-state index < -0.39 is 0 Å². The molecule has 0 fully saturated rings. The standard InChI is InChI=1S/C24H19ClN4O2/c1-31-23-13-16(7-12-22(23)30)15-26-29-24-27-20(17-5-3-2-4-6-17)14-21(28-24)18-8-10-19(25)11-9-18/h2-15,30H,1H3,(H,27,28,29)/b26-15+. The maximum Gasteiger partial charge on any atom is 0.244 e. The van der Waals surface area contributed by atoms with Crippen LogP contribution < -0.4 is 10.2 Å². The molecule has 6 nitrogen and oxygen atoms in total. The third-order valence-electron chi connectivity index (χ3n) is 4.52. The number of aromatic hydroxyl groups is 1. The molecule has 0 aliphatic heterocycles. The Morgan fingerprint density at radius 2 is 1.58 bits per heavy atom. The number of halogens is 1. The summed E-state index contributed by atoms with van der Waals surface area (Å²) in [5.74, 6) is 0.795. The molecule has 0 unspecified atom stereocenters. The third kappa shape index (κ3) is 4.99. The number of phenols is 1. The summed E-state index contributed by atoms with van der Waals surface area (Å²) >= 11 is 6.03. The molecule has 1 aromatic heterocycles. The molecule has 1 heterocycles. The van der Waals surface area contributed by atoms with Gasteiger partial charge in [0.1, 0.15) is 0 Å². The molecule has 0 bridgehead atoms. The number of rotatable bonds is 6. The first-order valence-electron chi connectivity index (χ1n) is 9.49. The highest BCUT2D eigenvalue weighted by molar-refractivity contribution is 6.30. The van der Waals surface area contributed by atoms with Crippen molar-refractivity contribution in [1.29, 1.82) is 0 Å². The van der Waals surface area contributed by atoms with Crippen LogP contribution in [0.25, 0.3) is 22.5 Å². The Bertz CT molecular complexity index is 1210. The molecule has 2 N–H and O–H groups in total. The van der Waals surface area contributed by atoms with Crippen LogP contribution in [0.5, 0.6) is 11.5 Å². The lowest BCUT2D eigenvalue weighted by Gasteiger charge is -2.08. The van der Waals surface area contributed by atoms with Crippen molar-refractivity contribution < 1.29 is 9.84 Å². The first-order chi connectivity index (χ1) is 15.1. The summed E-state index contributed by atoms with van der Waals surface area (Å²) in [6, 6.07) is 24.2. The number of hydrogen-bond donors (Lipinski definition) is 2. The highest BCUT2D eigenvalue weighted by Gasteiger charge is 2.09. The monoisotopic (exact) mass is 430 g/mol. The van der Waals surface area contributed by atoms with E-state index in [1.807, 2.05) is 60.7 Å². The number of methoxy groups -OCH3 is 1. The van der Waals surface area contributed by atoms with Crippen LogP contribution in [0.4, 0.5) is 5.95 Å². The SMILES string of the molecule is COc1cc(/C=N/Nc2nc(-c3ccccc3)cc(-c3ccc(Cl)cc3)n2)ccc1O. The number of benzene rings is 3. The number of hydrogen-bond acceptors (Lipinski definition) is 6. The predicted octanol–water partition coefficient (Wildman–Crippen LogP) is 5.62. The molecule has 0 aliphatic carbocycles. The highest BCUT2D eigenvalue weighted by atomic mass is 35.5. The second-order valence-corrected chi connectivity index (χ2v) is 7.07. The van der Waals surface area contributed by atoms with Crippen molar-refractivity contribution in [3.05, 3.63) is 89.4 Å². The zero-order valence-electron chi connectivity index (χ0n) is 16.7. The second-order valence-electron chi connectivity index (χ2n) is 6.64. The van der Waals surface area contributed by atoms with Gasteiger partial charge in [-0.05, 0) is 42.0 Å². The number of hydrazone groups is 1. The van der Waals surface area contributed by atoms with Gasteiger partial charge in [0.15, 0.2) is 11.5 Å². The lowest BCUT2D eigenvalue weighted by Crippen LogP contribution is -2.00. The summed E-state index contributed by atoms with van der Waals surface area (Å²) in [7, 11) is 1.50. The van der Waals surface area contributed by atoms with E-state index in [1.54, 1.807) is 24.4 Å². The van der Waals surface area contributed by atoms with Gasteiger partial charge < -0.3 is 9.84 Å². The lowest BCUT2D eigenvalue weighted by atomic mass is 10.1. The van der Waals surface area contributed by atoms with Crippen LogP contribution in [0.3, 0.4) is 0 Å². The van der Waals surface area contributed by atoms with Crippen LogP contribution in [0, 0.1) is 0 Å². The van der Waals surface area contributed by atoms with E-state index in [1.165, 1.54) is 7.11 Å². The molecular formula is C24H19ClN4O2. The van der Waals surface area contributed by atoms with Gasteiger partial charge >= 0.3 is 0 Å². The van der Waals surface area contributed by atoms with Crippen molar-refractivity contribution in [1.82, 2.24) is 9.97 Å². The lowest BCUT2D eigenvalue weighted by molar-refractivity contribution is 0.373. The molecule has 154 valence electrons. The average molecular weight is 431 g/mol. The zero-order chi connectivity index (χ0) is 21.6. The fourth-order valence-electron chi connectivity index (χ4n) is 2.96. The Morgan fingerprint density at radius 1 is 0.903 bits per heavy atom. The molecular weight excluding hydrogens is 412 g/mol. The summed E-state index contributed by atoms with van der Waals surface area (Å²) in [5.41, 5.74) is 7.04. The molecule has 4 rings (SSSR count). The molecule has 0 saturated heterocycles. The van der Waals surface area contributed by atoms with Gasteiger partial charge in [0.2, 0.25) is 5.95 Å². The van der Waals surface area contributed by atoms with Crippen molar-refractivity contribution in [3.63, 3.8) is 0 Å². The van der Waals surface area contributed by atoms with Crippen LogP contribution in [-0.4, -0.2) is 28.4 Å². The maximum atomic E-state index is 9.72. The summed E-state index contributed by atoms with van der Waals surface area (Å²) in [6.07, 6.45) is 1.60. The van der Waals surface area contributed by atoms with Gasteiger partial charge in [-0.25, -0.2) is 15.4 Å². The fraction of sp³-hybridized carbons (Fsp3) is 0.0417. The van der Waals surface area contributed by atoms with Crippen molar-refractivity contribution in [2.75, 3.05) is 12.5 Å². The molecule has 7 heteroatoms. The number of anilines is 1. The van der Waals surface area contributed by atoms with E-state index in [0.717, 1.165) is 28.1 Å². The summed E-state index contributed by atoms with van der Waals surface area (Å²) in [5, 5.41) is 14.6. The maximum absolute atomic E-state index is 9.72. The number of nitrogens with one attached hydrogen (secondary N) is 1. The van der Waals surface area contributed by atoms with E-state index >= 15 is 0 Å². The van der Waals surface area contributed by atoms with Gasteiger partial charge in [-0.2, -0.15) is 5.10 Å². The second kappa shape index (κ2) is 9.28. The van der Waals surface area contributed by atoms with Crippen LogP contribution in [0.2, 0.25) is 5.02 Å². The molecule has 0 spiro atoms. The number of nitrogens with zero attached hydrogens (tertiary/aromatic N) is 3. The van der Waals surface area contributed by atoms with E-state index in [4.69, 9.17) is 16.3 Å². The molecule has 0 atom stereocenters. The molecule has 31 heavy (non-hydrogen) atoms. The molecule has 3 aromatic carbocycles. The van der Waals surface area contributed by atoms with Gasteiger partial charge in [-0.3, -0.25) is 0 Å². The Kier molecular flexibility index (Phi) is 6.10. The van der Waals surface area contributed by atoms with E-state index in [-0.39, 0.29) is 5.75 Å². The zero-order valence-corrected chi connectivity index (χ0v) is 17.4. The topological polar surface area (TPSA) is 79.6 Å². The number of ether oxygens (including phenoxy) is 1. The minimum absolute atomic E-state index is 0.0686. The smallest absolute Gasteiger partial charge is 0.244 e. The van der Waals surface area contributed by atoms with Gasteiger partial charge in [-0.15, -0.1) is 0 Å². The first-order valence-corrected chi connectivity index (χ1v) is 9.87. The Labute approximate surface area is 184 Å².